The summed E-state index contributed by atoms with van der Waals surface area (Å²) < 4.78 is 5.47. The van der Waals surface area contributed by atoms with Gasteiger partial charge in [-0.2, -0.15) is 9.97 Å². The maximum absolute atomic E-state index is 5.54. The maximum Gasteiger partial charge on any atom is 0.223 e. The Labute approximate surface area is 94.4 Å². The molecule has 1 aromatic rings. The summed E-state index contributed by atoms with van der Waals surface area (Å²) in [5, 5.41) is 3.08. The zero-order valence-corrected chi connectivity index (χ0v) is 9.15. The number of nitrogens with one attached hydrogen (secondary N) is 1. The van der Waals surface area contributed by atoms with Crippen LogP contribution in [-0.2, 0) is 4.74 Å². The second-order valence-electron chi connectivity index (χ2n) is 3.98. The van der Waals surface area contributed by atoms with Crippen molar-refractivity contribution in [2.24, 2.45) is 5.92 Å². The lowest BCUT2D eigenvalue weighted by molar-refractivity contribution is 0.134. The van der Waals surface area contributed by atoms with Crippen LogP contribution in [0.4, 0.5) is 17.6 Å². The smallest absolute Gasteiger partial charge is 0.223 e. The van der Waals surface area contributed by atoms with Crippen molar-refractivity contribution in [3.05, 3.63) is 6.07 Å². The first-order chi connectivity index (χ1) is 7.74. The predicted octanol–water partition coefficient (Wildman–Crippen LogP) is 0.479. The predicted molar refractivity (Wildman–Crippen MR) is 62.9 cm³/mol. The summed E-state index contributed by atoms with van der Waals surface area (Å²) in [5.74, 6) is 1.99. The summed E-state index contributed by atoms with van der Waals surface area (Å²) in [5.41, 5.74) is 11.0. The largest absolute Gasteiger partial charge is 0.383 e. The van der Waals surface area contributed by atoms with Gasteiger partial charge in [-0.15, -0.1) is 0 Å². The third kappa shape index (κ3) is 3.54. The van der Waals surface area contributed by atoms with Gasteiger partial charge in [0.15, 0.2) is 0 Å². The molecule has 1 aliphatic carbocycles. The van der Waals surface area contributed by atoms with Crippen LogP contribution >= 0.6 is 0 Å². The van der Waals surface area contributed by atoms with Gasteiger partial charge in [0, 0.05) is 19.2 Å². The fourth-order valence-corrected chi connectivity index (χ4v) is 1.36. The van der Waals surface area contributed by atoms with Gasteiger partial charge in [0.1, 0.15) is 11.6 Å². The van der Waals surface area contributed by atoms with Gasteiger partial charge in [0.2, 0.25) is 5.95 Å². The zero-order valence-electron chi connectivity index (χ0n) is 9.15. The molecule has 1 fully saturated rings. The van der Waals surface area contributed by atoms with Crippen molar-refractivity contribution in [1.29, 1.82) is 0 Å². The molecule has 0 saturated heterocycles. The third-order valence-electron chi connectivity index (χ3n) is 2.37. The minimum absolute atomic E-state index is 0.182. The number of hydrogen-bond acceptors (Lipinski definition) is 6. The van der Waals surface area contributed by atoms with E-state index in [2.05, 4.69) is 15.3 Å². The number of anilines is 3. The van der Waals surface area contributed by atoms with Gasteiger partial charge in [0.05, 0.1) is 6.61 Å². The van der Waals surface area contributed by atoms with E-state index in [0.29, 0.717) is 24.8 Å². The molecule has 1 aromatic heterocycles. The molecule has 1 saturated carbocycles. The number of nitrogen functional groups attached to an aromatic ring is 2. The molecule has 0 amide bonds. The van der Waals surface area contributed by atoms with Crippen molar-refractivity contribution in [3.8, 4) is 0 Å². The highest BCUT2D eigenvalue weighted by atomic mass is 16.5. The highest BCUT2D eigenvalue weighted by molar-refractivity contribution is 5.48. The summed E-state index contributed by atoms with van der Waals surface area (Å²) in [4.78, 5) is 7.78. The van der Waals surface area contributed by atoms with E-state index in [9.17, 15) is 0 Å². The van der Waals surface area contributed by atoms with Crippen LogP contribution in [-0.4, -0.2) is 29.7 Å². The van der Waals surface area contributed by atoms with Crippen LogP contribution < -0.4 is 16.8 Å². The minimum Gasteiger partial charge on any atom is -0.383 e. The normalized spacial score (nSPS) is 15.0. The highest BCUT2D eigenvalue weighted by Gasteiger charge is 2.20. The zero-order chi connectivity index (χ0) is 11.4. The van der Waals surface area contributed by atoms with E-state index in [-0.39, 0.29) is 5.95 Å². The van der Waals surface area contributed by atoms with Crippen molar-refractivity contribution in [2.75, 3.05) is 36.5 Å². The lowest BCUT2D eigenvalue weighted by atomic mass is 10.5. The molecular formula is C10H17N5O. The molecule has 0 bridgehead atoms. The van der Waals surface area contributed by atoms with Crippen LogP contribution in [0.2, 0.25) is 0 Å². The van der Waals surface area contributed by atoms with Crippen LogP contribution in [0.15, 0.2) is 6.07 Å². The number of rotatable bonds is 6. The van der Waals surface area contributed by atoms with Gasteiger partial charge in [-0.05, 0) is 18.8 Å². The Hall–Kier alpha value is -1.56. The van der Waals surface area contributed by atoms with Crippen molar-refractivity contribution in [2.45, 2.75) is 12.8 Å². The van der Waals surface area contributed by atoms with Crippen LogP contribution in [0.25, 0.3) is 0 Å². The van der Waals surface area contributed by atoms with E-state index < -0.39 is 0 Å². The first-order valence-corrected chi connectivity index (χ1v) is 5.45. The Morgan fingerprint density at radius 1 is 1.38 bits per heavy atom. The molecule has 0 aliphatic heterocycles. The molecule has 16 heavy (non-hydrogen) atoms. The Morgan fingerprint density at radius 2 is 2.19 bits per heavy atom. The van der Waals surface area contributed by atoms with Crippen molar-refractivity contribution >= 4 is 17.6 Å². The number of hydrogen-bond donors (Lipinski definition) is 3. The molecule has 0 aromatic carbocycles. The molecule has 0 spiro atoms. The van der Waals surface area contributed by atoms with Crippen LogP contribution in [0, 0.1) is 5.92 Å². The summed E-state index contributed by atoms with van der Waals surface area (Å²) in [6, 6.07) is 1.65. The Balaban J connectivity index is 1.67. The summed E-state index contributed by atoms with van der Waals surface area (Å²) >= 11 is 0. The molecule has 6 heteroatoms. The number of nitrogens with two attached hydrogens (primary N) is 2. The molecule has 2 rings (SSSR count). The highest BCUT2D eigenvalue weighted by Crippen LogP contribution is 2.28. The fraction of sp³-hybridized carbons (Fsp3) is 0.600. The second-order valence-corrected chi connectivity index (χ2v) is 3.98. The topological polar surface area (TPSA) is 99.1 Å². The maximum atomic E-state index is 5.54. The van der Waals surface area contributed by atoms with Crippen molar-refractivity contribution in [3.63, 3.8) is 0 Å². The molecule has 0 unspecified atom stereocenters. The molecular weight excluding hydrogens is 206 g/mol. The van der Waals surface area contributed by atoms with E-state index in [1.807, 2.05) is 0 Å². The van der Waals surface area contributed by atoms with Gasteiger partial charge in [-0.25, -0.2) is 0 Å². The van der Waals surface area contributed by atoms with Crippen molar-refractivity contribution < 1.29 is 4.74 Å². The van der Waals surface area contributed by atoms with Gasteiger partial charge in [-0.3, -0.25) is 0 Å². The molecule has 5 N–H and O–H groups in total. The third-order valence-corrected chi connectivity index (χ3v) is 2.37. The summed E-state index contributed by atoms with van der Waals surface area (Å²) in [6.45, 7) is 2.23. The lowest BCUT2D eigenvalue weighted by Gasteiger charge is -2.07. The second kappa shape index (κ2) is 4.98. The van der Waals surface area contributed by atoms with Crippen molar-refractivity contribution in [1.82, 2.24) is 9.97 Å². The Morgan fingerprint density at radius 3 is 2.88 bits per heavy atom. The summed E-state index contributed by atoms with van der Waals surface area (Å²) in [7, 11) is 0. The minimum atomic E-state index is 0.182. The van der Waals surface area contributed by atoms with Crippen LogP contribution in [0.3, 0.4) is 0 Å². The van der Waals surface area contributed by atoms with Gasteiger partial charge < -0.3 is 21.5 Å². The van der Waals surface area contributed by atoms with Crippen LogP contribution in [0.1, 0.15) is 12.8 Å². The summed E-state index contributed by atoms with van der Waals surface area (Å²) in [6.07, 6.45) is 2.62. The first kappa shape index (κ1) is 10.9. The monoisotopic (exact) mass is 223 g/mol. The fourth-order valence-electron chi connectivity index (χ4n) is 1.36. The molecule has 6 nitrogen and oxygen atoms in total. The number of aromatic nitrogens is 2. The van der Waals surface area contributed by atoms with Gasteiger partial charge in [-0.1, -0.05) is 0 Å². The molecule has 1 heterocycles. The van der Waals surface area contributed by atoms with Gasteiger partial charge in [0.25, 0.3) is 0 Å². The molecule has 0 atom stereocenters. The van der Waals surface area contributed by atoms with Gasteiger partial charge >= 0.3 is 0 Å². The SMILES string of the molecule is Nc1cc(NCCOCC2CC2)nc(N)n1. The quantitative estimate of drug-likeness (QED) is 0.607. The Kier molecular flexibility index (Phi) is 3.40. The van der Waals surface area contributed by atoms with E-state index in [1.54, 1.807) is 6.07 Å². The number of ether oxygens (including phenoxy) is 1. The Bertz CT molecular complexity index is 333. The average molecular weight is 223 g/mol. The molecule has 1 aliphatic rings. The first-order valence-electron chi connectivity index (χ1n) is 5.45. The lowest BCUT2D eigenvalue weighted by Crippen LogP contribution is -2.12. The molecule has 88 valence electrons. The average Bonchev–Trinajstić information content (AvgIpc) is 2.99. The van der Waals surface area contributed by atoms with E-state index in [4.69, 9.17) is 16.2 Å². The molecule has 0 radical (unpaired) electrons. The standard InChI is InChI=1S/C10H17N5O/c11-8-5-9(15-10(12)14-8)13-3-4-16-6-7-1-2-7/h5,7H,1-4,6H2,(H5,11,12,13,14,15). The number of nitrogens with zero attached hydrogens (tertiary/aromatic N) is 2. The van der Waals surface area contributed by atoms with E-state index in [1.165, 1.54) is 12.8 Å². The van der Waals surface area contributed by atoms with E-state index in [0.717, 1.165) is 12.5 Å². The van der Waals surface area contributed by atoms with Crippen LogP contribution in [0.5, 0.6) is 0 Å². The van der Waals surface area contributed by atoms with E-state index >= 15 is 0 Å².